The smallest absolute Gasteiger partial charge is 0.119 e. The summed E-state index contributed by atoms with van der Waals surface area (Å²) < 4.78 is 5.78. The first-order chi connectivity index (χ1) is 12.6. The predicted molar refractivity (Wildman–Crippen MR) is 106 cm³/mol. The second kappa shape index (κ2) is 9.51. The first kappa shape index (κ1) is 19.4. The van der Waals surface area contributed by atoms with Crippen molar-refractivity contribution in [2.45, 2.75) is 26.0 Å². The standard InChI is InChI=1S/C21H33N3O2/c1-18-7-9-23(10-8-18)15-19-3-5-21(6-4-19)26-17-20(25)16-24-13-11-22(2)12-14-24/h3-7,20,25H,8-17H2,1-2H3/t20-/m0/s1. The molecule has 0 radical (unpaired) electrons. The molecule has 2 heterocycles. The van der Waals surface area contributed by atoms with Gasteiger partial charge in [0.25, 0.3) is 0 Å². The third-order valence-electron chi connectivity index (χ3n) is 5.36. The summed E-state index contributed by atoms with van der Waals surface area (Å²) in [4.78, 5) is 7.09. The number of aliphatic hydroxyl groups excluding tert-OH is 1. The molecule has 0 spiro atoms. The average Bonchev–Trinajstić information content (AvgIpc) is 2.65. The number of β-amino-alcohol motifs (C(OH)–C–C–N with tert-alkyl or cyclic N) is 1. The molecule has 0 unspecified atom stereocenters. The highest BCUT2D eigenvalue weighted by Gasteiger charge is 2.17. The van der Waals surface area contributed by atoms with Gasteiger partial charge in [-0.05, 0) is 38.1 Å². The van der Waals surface area contributed by atoms with Gasteiger partial charge in [-0.2, -0.15) is 0 Å². The van der Waals surface area contributed by atoms with E-state index in [1.165, 1.54) is 17.6 Å². The van der Waals surface area contributed by atoms with Crippen molar-refractivity contribution in [3.05, 3.63) is 41.5 Å². The van der Waals surface area contributed by atoms with Crippen LogP contribution in [0.3, 0.4) is 0 Å². The van der Waals surface area contributed by atoms with Crippen molar-refractivity contribution in [3.8, 4) is 5.75 Å². The van der Waals surface area contributed by atoms with Crippen LogP contribution in [-0.2, 0) is 6.54 Å². The minimum Gasteiger partial charge on any atom is -0.491 e. The van der Waals surface area contributed by atoms with Gasteiger partial charge in [0.05, 0.1) is 0 Å². The summed E-state index contributed by atoms with van der Waals surface area (Å²) in [6, 6.07) is 8.30. The Balaban J connectivity index is 1.38. The van der Waals surface area contributed by atoms with Crippen LogP contribution in [0.5, 0.6) is 5.75 Å². The minimum absolute atomic E-state index is 0.349. The van der Waals surface area contributed by atoms with Gasteiger partial charge in [-0.3, -0.25) is 9.80 Å². The molecule has 2 aliphatic rings. The second-order valence-electron chi connectivity index (χ2n) is 7.75. The topological polar surface area (TPSA) is 39.2 Å². The number of hydrogen-bond donors (Lipinski definition) is 1. The van der Waals surface area contributed by atoms with E-state index in [9.17, 15) is 5.11 Å². The van der Waals surface area contributed by atoms with Crippen LogP contribution in [0.2, 0.25) is 0 Å². The SMILES string of the molecule is CC1=CCN(Cc2ccc(OC[C@@H](O)CN3CCN(C)CC3)cc2)CC1. The Labute approximate surface area is 157 Å². The fraction of sp³-hybridized carbons (Fsp3) is 0.619. The first-order valence-corrected chi connectivity index (χ1v) is 9.77. The Hall–Kier alpha value is -1.40. The monoisotopic (exact) mass is 359 g/mol. The molecule has 5 nitrogen and oxygen atoms in total. The van der Waals surface area contributed by atoms with Gasteiger partial charge in [0.1, 0.15) is 18.5 Å². The lowest BCUT2D eigenvalue weighted by Crippen LogP contribution is -2.47. The van der Waals surface area contributed by atoms with Crippen molar-refractivity contribution in [1.29, 1.82) is 0 Å². The Morgan fingerprint density at radius 1 is 1.04 bits per heavy atom. The minimum atomic E-state index is -0.443. The summed E-state index contributed by atoms with van der Waals surface area (Å²) in [5, 5.41) is 10.2. The van der Waals surface area contributed by atoms with Crippen LogP contribution in [0.25, 0.3) is 0 Å². The van der Waals surface area contributed by atoms with E-state index >= 15 is 0 Å². The number of piperazine rings is 1. The molecule has 0 bridgehead atoms. The zero-order valence-corrected chi connectivity index (χ0v) is 16.2. The molecule has 5 heteroatoms. The Kier molecular flexibility index (Phi) is 7.08. The molecule has 1 N–H and O–H groups in total. The average molecular weight is 360 g/mol. The predicted octanol–water partition coefficient (Wildman–Crippen LogP) is 1.83. The lowest BCUT2D eigenvalue weighted by molar-refractivity contribution is 0.0505. The lowest BCUT2D eigenvalue weighted by Gasteiger charge is -2.33. The van der Waals surface area contributed by atoms with Crippen LogP contribution in [0.4, 0.5) is 0 Å². The molecular formula is C21H33N3O2. The molecule has 0 amide bonds. The number of hydrogen-bond acceptors (Lipinski definition) is 5. The van der Waals surface area contributed by atoms with Crippen molar-refractivity contribution >= 4 is 0 Å². The highest BCUT2D eigenvalue weighted by molar-refractivity contribution is 5.27. The summed E-state index contributed by atoms with van der Waals surface area (Å²) in [6.45, 7) is 10.6. The summed E-state index contributed by atoms with van der Waals surface area (Å²) in [5.41, 5.74) is 2.81. The molecule has 1 saturated heterocycles. The zero-order chi connectivity index (χ0) is 18.4. The number of rotatable bonds is 7. The van der Waals surface area contributed by atoms with E-state index in [2.05, 4.69) is 46.9 Å². The van der Waals surface area contributed by atoms with E-state index in [-0.39, 0.29) is 0 Å². The second-order valence-corrected chi connectivity index (χ2v) is 7.75. The van der Waals surface area contributed by atoms with Gasteiger partial charge in [0.15, 0.2) is 0 Å². The van der Waals surface area contributed by atoms with Crippen LogP contribution >= 0.6 is 0 Å². The maximum atomic E-state index is 10.2. The normalized spacial score (nSPS) is 21.4. The highest BCUT2D eigenvalue weighted by Crippen LogP contribution is 2.17. The number of benzene rings is 1. The number of nitrogens with zero attached hydrogens (tertiary/aromatic N) is 3. The fourth-order valence-electron chi connectivity index (χ4n) is 3.48. The maximum Gasteiger partial charge on any atom is 0.119 e. The summed E-state index contributed by atoms with van der Waals surface area (Å²) in [7, 11) is 2.14. The van der Waals surface area contributed by atoms with Crippen molar-refractivity contribution in [1.82, 2.24) is 14.7 Å². The van der Waals surface area contributed by atoms with Crippen molar-refractivity contribution in [2.75, 3.05) is 59.5 Å². The number of likely N-dealkylation sites (N-methyl/N-ethyl adjacent to an activating group) is 1. The van der Waals surface area contributed by atoms with Crippen LogP contribution in [0.1, 0.15) is 18.9 Å². The Morgan fingerprint density at radius 2 is 1.77 bits per heavy atom. The van der Waals surface area contributed by atoms with Gasteiger partial charge in [-0.1, -0.05) is 23.8 Å². The molecule has 144 valence electrons. The molecule has 0 aromatic heterocycles. The molecule has 2 aliphatic heterocycles. The van der Waals surface area contributed by atoms with Gasteiger partial charge >= 0.3 is 0 Å². The molecule has 3 rings (SSSR count). The van der Waals surface area contributed by atoms with Crippen LogP contribution < -0.4 is 4.74 Å². The van der Waals surface area contributed by atoms with Crippen molar-refractivity contribution in [2.24, 2.45) is 0 Å². The summed E-state index contributed by atoms with van der Waals surface area (Å²) in [6.07, 6.45) is 3.05. The molecular weight excluding hydrogens is 326 g/mol. The third-order valence-corrected chi connectivity index (χ3v) is 5.36. The lowest BCUT2D eigenvalue weighted by atomic mass is 10.1. The molecule has 1 aromatic rings. The van der Waals surface area contributed by atoms with E-state index in [4.69, 9.17) is 4.74 Å². The molecule has 26 heavy (non-hydrogen) atoms. The van der Waals surface area contributed by atoms with Crippen molar-refractivity contribution < 1.29 is 9.84 Å². The van der Waals surface area contributed by atoms with E-state index in [0.717, 1.165) is 51.6 Å². The fourth-order valence-corrected chi connectivity index (χ4v) is 3.48. The van der Waals surface area contributed by atoms with Crippen LogP contribution in [0.15, 0.2) is 35.9 Å². The molecule has 1 aromatic carbocycles. The van der Waals surface area contributed by atoms with Gasteiger partial charge in [0, 0.05) is 52.4 Å². The zero-order valence-electron chi connectivity index (χ0n) is 16.2. The molecule has 0 aliphatic carbocycles. The number of ether oxygens (including phenoxy) is 1. The van der Waals surface area contributed by atoms with Crippen LogP contribution in [0, 0.1) is 0 Å². The number of aliphatic hydroxyl groups is 1. The largest absolute Gasteiger partial charge is 0.491 e. The summed E-state index contributed by atoms with van der Waals surface area (Å²) in [5.74, 6) is 0.834. The quantitative estimate of drug-likeness (QED) is 0.752. The van der Waals surface area contributed by atoms with Gasteiger partial charge < -0.3 is 14.7 Å². The van der Waals surface area contributed by atoms with Gasteiger partial charge in [-0.25, -0.2) is 0 Å². The van der Waals surface area contributed by atoms with E-state index in [0.29, 0.717) is 13.2 Å². The Bertz CT molecular complexity index is 579. The maximum absolute atomic E-state index is 10.2. The third kappa shape index (κ3) is 6.09. The van der Waals surface area contributed by atoms with Crippen molar-refractivity contribution in [3.63, 3.8) is 0 Å². The summed E-state index contributed by atoms with van der Waals surface area (Å²) >= 11 is 0. The molecule has 1 fully saturated rings. The van der Waals surface area contributed by atoms with Crippen LogP contribution in [-0.4, -0.2) is 85.4 Å². The van der Waals surface area contributed by atoms with E-state index < -0.39 is 6.10 Å². The highest BCUT2D eigenvalue weighted by atomic mass is 16.5. The molecule has 1 atom stereocenters. The van der Waals surface area contributed by atoms with E-state index in [1.807, 2.05) is 12.1 Å². The molecule has 0 saturated carbocycles. The Morgan fingerprint density at radius 3 is 2.42 bits per heavy atom. The van der Waals surface area contributed by atoms with Gasteiger partial charge in [-0.15, -0.1) is 0 Å². The first-order valence-electron chi connectivity index (χ1n) is 9.77. The van der Waals surface area contributed by atoms with E-state index in [1.54, 1.807) is 0 Å². The van der Waals surface area contributed by atoms with Gasteiger partial charge in [0.2, 0.25) is 0 Å².